The monoisotopic (exact) mass is 341 g/mol. The Bertz CT molecular complexity index is 725. The van der Waals surface area contributed by atoms with Crippen LogP contribution in [0.5, 0.6) is 5.75 Å². The normalized spacial score (nSPS) is 11.5. The number of esters is 1. The zero-order chi connectivity index (χ0) is 18.2. The fourth-order valence-electron chi connectivity index (χ4n) is 2.16. The number of para-hydroxylation sites is 1. The van der Waals surface area contributed by atoms with Crippen LogP contribution in [0, 0.1) is 6.92 Å². The molecule has 0 spiro atoms. The molecule has 0 bridgehead atoms. The summed E-state index contributed by atoms with van der Waals surface area (Å²) < 4.78 is 10.6. The largest absolute Gasteiger partial charge is 0.479 e. The van der Waals surface area contributed by atoms with E-state index in [-0.39, 0.29) is 5.91 Å². The number of ether oxygens (including phenoxy) is 2. The van der Waals surface area contributed by atoms with Crippen molar-refractivity contribution in [2.24, 2.45) is 0 Å². The number of benzene rings is 2. The van der Waals surface area contributed by atoms with Gasteiger partial charge in [-0.15, -0.1) is 0 Å². The van der Waals surface area contributed by atoms with Gasteiger partial charge in [0, 0.05) is 11.3 Å². The number of carbonyl (C=O) groups is 2. The highest BCUT2D eigenvalue weighted by Crippen LogP contribution is 2.17. The van der Waals surface area contributed by atoms with Crippen molar-refractivity contribution in [3.8, 4) is 5.75 Å². The lowest BCUT2D eigenvalue weighted by Gasteiger charge is -2.14. The van der Waals surface area contributed by atoms with Crippen molar-refractivity contribution in [2.45, 2.75) is 33.3 Å². The van der Waals surface area contributed by atoms with Gasteiger partial charge in [-0.1, -0.05) is 25.1 Å². The first-order valence-corrected chi connectivity index (χ1v) is 8.31. The van der Waals surface area contributed by atoms with Crippen LogP contribution >= 0.6 is 0 Å². The molecule has 0 saturated carbocycles. The van der Waals surface area contributed by atoms with E-state index in [0.29, 0.717) is 17.9 Å². The van der Waals surface area contributed by atoms with Crippen molar-refractivity contribution in [1.82, 2.24) is 0 Å². The quantitative estimate of drug-likeness (QED) is 0.774. The Morgan fingerprint density at radius 1 is 1.08 bits per heavy atom. The summed E-state index contributed by atoms with van der Waals surface area (Å²) in [6, 6.07) is 14.2. The fraction of sp³-hybridized carbons (Fsp3) is 0.300. The van der Waals surface area contributed by atoms with Gasteiger partial charge in [0.25, 0.3) is 5.91 Å². The van der Waals surface area contributed by atoms with Gasteiger partial charge in [0.05, 0.1) is 6.61 Å². The van der Waals surface area contributed by atoms with Crippen LogP contribution in [0.25, 0.3) is 0 Å². The van der Waals surface area contributed by atoms with E-state index in [1.165, 1.54) is 0 Å². The fourth-order valence-corrected chi connectivity index (χ4v) is 2.16. The van der Waals surface area contributed by atoms with E-state index < -0.39 is 12.1 Å². The molecule has 0 radical (unpaired) electrons. The van der Waals surface area contributed by atoms with E-state index in [4.69, 9.17) is 9.47 Å². The molecule has 1 amide bonds. The number of anilines is 1. The molecule has 0 aliphatic carbocycles. The van der Waals surface area contributed by atoms with E-state index in [0.717, 1.165) is 17.7 Å². The van der Waals surface area contributed by atoms with Crippen molar-refractivity contribution in [3.63, 3.8) is 0 Å². The average Bonchev–Trinajstić information content (AvgIpc) is 2.62. The lowest BCUT2D eigenvalue weighted by Crippen LogP contribution is -2.26. The summed E-state index contributed by atoms with van der Waals surface area (Å²) in [4.78, 5) is 24.0. The van der Waals surface area contributed by atoms with Gasteiger partial charge in [0.1, 0.15) is 5.75 Å². The minimum Gasteiger partial charge on any atom is -0.479 e. The molecule has 5 nitrogen and oxygen atoms in total. The van der Waals surface area contributed by atoms with Crippen molar-refractivity contribution in [3.05, 3.63) is 59.7 Å². The maximum Gasteiger partial charge on any atom is 0.347 e. The first-order chi connectivity index (χ1) is 12.0. The van der Waals surface area contributed by atoms with Crippen molar-refractivity contribution in [2.75, 3.05) is 11.9 Å². The molecule has 0 aromatic heterocycles. The molecule has 0 fully saturated rings. The van der Waals surface area contributed by atoms with E-state index in [1.807, 2.05) is 38.1 Å². The third kappa shape index (κ3) is 5.35. The third-order valence-electron chi connectivity index (χ3n) is 3.60. The van der Waals surface area contributed by atoms with Crippen LogP contribution in [0.2, 0.25) is 0 Å². The molecule has 25 heavy (non-hydrogen) atoms. The van der Waals surface area contributed by atoms with Crippen molar-refractivity contribution < 1.29 is 19.1 Å². The molecule has 2 rings (SSSR count). The zero-order valence-corrected chi connectivity index (χ0v) is 14.7. The number of nitrogens with one attached hydrogen (secondary N) is 1. The molecule has 0 aliphatic rings. The number of amides is 1. The molecule has 0 unspecified atom stereocenters. The molecule has 2 aromatic rings. The number of aryl methyl sites for hydroxylation is 1. The molecule has 0 saturated heterocycles. The second-order valence-electron chi connectivity index (χ2n) is 5.72. The predicted octanol–water partition coefficient (Wildman–Crippen LogP) is 3.97. The maximum atomic E-state index is 12.3. The van der Waals surface area contributed by atoms with Gasteiger partial charge < -0.3 is 14.8 Å². The van der Waals surface area contributed by atoms with Crippen molar-refractivity contribution in [1.29, 1.82) is 0 Å². The molecule has 0 heterocycles. The number of rotatable bonds is 7. The summed E-state index contributed by atoms with van der Waals surface area (Å²) >= 11 is 0. The van der Waals surface area contributed by atoms with Crippen LogP contribution in [0.4, 0.5) is 5.69 Å². The maximum absolute atomic E-state index is 12.3. The van der Waals surface area contributed by atoms with Crippen LogP contribution in [0.1, 0.15) is 36.2 Å². The Labute approximate surface area is 148 Å². The van der Waals surface area contributed by atoms with Gasteiger partial charge in [-0.2, -0.15) is 0 Å². The Morgan fingerprint density at radius 2 is 1.76 bits per heavy atom. The summed E-state index contributed by atoms with van der Waals surface area (Å²) in [5, 5.41) is 2.87. The molecule has 132 valence electrons. The summed E-state index contributed by atoms with van der Waals surface area (Å²) in [6.07, 6.45) is 0.0709. The van der Waals surface area contributed by atoms with Crippen LogP contribution in [0.15, 0.2) is 48.5 Å². The Balaban J connectivity index is 1.96. The highest BCUT2D eigenvalue weighted by atomic mass is 16.6. The minimum absolute atomic E-state index is 0.198. The van der Waals surface area contributed by atoms with E-state index in [9.17, 15) is 9.59 Å². The molecule has 0 aliphatic heterocycles. The van der Waals surface area contributed by atoms with Gasteiger partial charge in [-0.05, 0) is 56.2 Å². The first kappa shape index (κ1) is 18.5. The zero-order valence-electron chi connectivity index (χ0n) is 14.7. The molecule has 2 aromatic carbocycles. The first-order valence-electron chi connectivity index (χ1n) is 8.31. The summed E-state index contributed by atoms with van der Waals surface area (Å²) in [5.74, 6) is -0.0899. The second-order valence-corrected chi connectivity index (χ2v) is 5.72. The van der Waals surface area contributed by atoms with Gasteiger partial charge in [0.2, 0.25) is 0 Å². The summed E-state index contributed by atoms with van der Waals surface area (Å²) in [5.41, 5.74) is 2.28. The van der Waals surface area contributed by atoms with E-state index in [2.05, 4.69) is 5.32 Å². The summed E-state index contributed by atoms with van der Waals surface area (Å²) in [7, 11) is 0. The Morgan fingerprint density at radius 3 is 2.40 bits per heavy atom. The van der Waals surface area contributed by atoms with E-state index in [1.54, 1.807) is 31.2 Å². The Kier molecular flexibility index (Phi) is 6.57. The molecular formula is C20H23NO4. The SMILES string of the molecule is CCCOC(=O)[C@@H](C)Oc1ccc(C(=O)Nc2ccccc2C)cc1. The van der Waals surface area contributed by atoms with E-state index >= 15 is 0 Å². The highest BCUT2D eigenvalue weighted by molar-refractivity contribution is 6.04. The summed E-state index contributed by atoms with van der Waals surface area (Å²) in [6.45, 7) is 5.88. The molecular weight excluding hydrogens is 318 g/mol. The number of carbonyl (C=O) groups excluding carboxylic acids is 2. The number of hydrogen-bond acceptors (Lipinski definition) is 4. The predicted molar refractivity (Wildman–Crippen MR) is 96.9 cm³/mol. The molecule has 5 heteroatoms. The van der Waals surface area contributed by atoms with Gasteiger partial charge in [-0.3, -0.25) is 4.79 Å². The number of hydrogen-bond donors (Lipinski definition) is 1. The third-order valence-corrected chi connectivity index (χ3v) is 3.60. The van der Waals surface area contributed by atoms with Crippen LogP contribution < -0.4 is 10.1 Å². The average molecular weight is 341 g/mol. The second kappa shape index (κ2) is 8.87. The smallest absolute Gasteiger partial charge is 0.347 e. The lowest BCUT2D eigenvalue weighted by molar-refractivity contribution is -0.151. The lowest BCUT2D eigenvalue weighted by atomic mass is 10.1. The minimum atomic E-state index is -0.696. The molecule has 1 atom stereocenters. The van der Waals surface area contributed by atoms with Gasteiger partial charge in [-0.25, -0.2) is 4.79 Å². The van der Waals surface area contributed by atoms with Crippen LogP contribution in [-0.2, 0) is 9.53 Å². The Hall–Kier alpha value is -2.82. The van der Waals surface area contributed by atoms with Crippen molar-refractivity contribution >= 4 is 17.6 Å². The van der Waals surface area contributed by atoms with Gasteiger partial charge >= 0.3 is 5.97 Å². The van der Waals surface area contributed by atoms with Crippen LogP contribution in [-0.4, -0.2) is 24.6 Å². The highest BCUT2D eigenvalue weighted by Gasteiger charge is 2.16. The molecule has 1 N–H and O–H groups in total. The topological polar surface area (TPSA) is 64.6 Å². The standard InChI is InChI=1S/C20H23NO4/c1-4-13-24-20(23)15(3)25-17-11-9-16(10-12-17)19(22)21-18-8-6-5-7-14(18)2/h5-12,15H,4,13H2,1-3H3,(H,21,22)/t15-/m1/s1. The van der Waals surface area contributed by atoms with Crippen LogP contribution in [0.3, 0.4) is 0 Å². The van der Waals surface area contributed by atoms with Gasteiger partial charge in [0.15, 0.2) is 6.10 Å².